The van der Waals surface area contributed by atoms with E-state index in [9.17, 15) is 5.11 Å². The molecule has 1 aliphatic heterocycles. The van der Waals surface area contributed by atoms with Crippen molar-refractivity contribution in [2.45, 2.75) is 6.04 Å². The van der Waals surface area contributed by atoms with E-state index >= 15 is 0 Å². The van der Waals surface area contributed by atoms with Gasteiger partial charge in [-0.2, -0.15) is 0 Å². The molecule has 1 aromatic rings. The molecule has 1 heterocycles. The summed E-state index contributed by atoms with van der Waals surface area (Å²) in [6.45, 7) is 4.11. The van der Waals surface area contributed by atoms with E-state index in [0.717, 1.165) is 37.5 Å². The van der Waals surface area contributed by atoms with Crippen molar-refractivity contribution in [1.82, 2.24) is 10.2 Å². The monoisotopic (exact) mass is 272 g/mol. The van der Waals surface area contributed by atoms with Gasteiger partial charge < -0.3 is 15.2 Å². The number of halogens is 1. The third-order valence-corrected chi connectivity index (χ3v) is 3.27. The average molecular weight is 273 g/mol. The van der Waals surface area contributed by atoms with Gasteiger partial charge in [0.25, 0.3) is 0 Å². The van der Waals surface area contributed by atoms with Crippen molar-refractivity contribution < 1.29 is 9.84 Å². The molecule has 0 spiro atoms. The second-order valence-electron chi connectivity index (χ2n) is 4.26. The molecule has 0 saturated carbocycles. The highest BCUT2D eigenvalue weighted by molar-refractivity contribution is 5.85. The van der Waals surface area contributed by atoms with Gasteiger partial charge in [-0.3, -0.25) is 4.90 Å². The first kappa shape index (κ1) is 15.2. The van der Waals surface area contributed by atoms with Crippen molar-refractivity contribution >= 4 is 12.4 Å². The lowest BCUT2D eigenvalue weighted by Gasteiger charge is -2.34. The maximum absolute atomic E-state index is 9.56. The van der Waals surface area contributed by atoms with E-state index in [2.05, 4.69) is 10.2 Å². The number of benzene rings is 1. The summed E-state index contributed by atoms with van der Waals surface area (Å²) in [4.78, 5) is 2.32. The summed E-state index contributed by atoms with van der Waals surface area (Å²) in [5, 5.41) is 12.9. The predicted molar refractivity (Wildman–Crippen MR) is 74.5 cm³/mol. The van der Waals surface area contributed by atoms with E-state index in [-0.39, 0.29) is 25.1 Å². The molecule has 2 rings (SSSR count). The predicted octanol–water partition coefficient (Wildman–Crippen LogP) is 1.06. The highest BCUT2D eigenvalue weighted by atomic mass is 35.5. The van der Waals surface area contributed by atoms with Crippen LogP contribution in [-0.2, 0) is 0 Å². The van der Waals surface area contributed by atoms with Crippen LogP contribution in [0.5, 0.6) is 5.75 Å². The fourth-order valence-corrected chi connectivity index (χ4v) is 2.25. The van der Waals surface area contributed by atoms with Crippen LogP contribution in [-0.4, -0.2) is 49.9 Å². The van der Waals surface area contributed by atoms with Crippen LogP contribution in [0.4, 0.5) is 0 Å². The molecule has 1 aromatic carbocycles. The highest BCUT2D eigenvalue weighted by Crippen LogP contribution is 2.22. The Morgan fingerprint density at radius 1 is 1.28 bits per heavy atom. The van der Waals surface area contributed by atoms with Gasteiger partial charge in [-0.1, -0.05) is 12.1 Å². The first-order valence-electron chi connectivity index (χ1n) is 6.04. The number of aliphatic hydroxyl groups excluding tert-OH is 1. The molecule has 1 atom stereocenters. The summed E-state index contributed by atoms with van der Waals surface area (Å²) in [7, 11) is 1.66. The van der Waals surface area contributed by atoms with Crippen LogP contribution in [0.3, 0.4) is 0 Å². The summed E-state index contributed by atoms with van der Waals surface area (Å²) < 4.78 is 5.14. The van der Waals surface area contributed by atoms with Gasteiger partial charge in [-0.15, -0.1) is 12.4 Å². The summed E-state index contributed by atoms with van der Waals surface area (Å²) in [6, 6.07) is 8.05. The minimum atomic E-state index is 0. The van der Waals surface area contributed by atoms with E-state index in [1.807, 2.05) is 24.3 Å². The van der Waals surface area contributed by atoms with Crippen LogP contribution >= 0.6 is 12.4 Å². The number of hydrogen-bond donors (Lipinski definition) is 2. The molecule has 102 valence electrons. The third-order valence-electron chi connectivity index (χ3n) is 3.27. The quantitative estimate of drug-likeness (QED) is 0.860. The summed E-state index contributed by atoms with van der Waals surface area (Å²) >= 11 is 0. The first-order chi connectivity index (χ1) is 8.35. The molecule has 0 unspecified atom stereocenters. The third kappa shape index (κ3) is 3.59. The van der Waals surface area contributed by atoms with Gasteiger partial charge in [-0.25, -0.2) is 0 Å². The summed E-state index contributed by atoms with van der Waals surface area (Å²) in [6.07, 6.45) is 0. The fourth-order valence-electron chi connectivity index (χ4n) is 2.25. The zero-order chi connectivity index (χ0) is 12.1. The molecule has 0 amide bonds. The van der Waals surface area contributed by atoms with Crippen molar-refractivity contribution in [1.29, 1.82) is 0 Å². The molecule has 0 aromatic heterocycles. The lowest BCUT2D eigenvalue weighted by molar-refractivity contribution is 0.111. The second-order valence-corrected chi connectivity index (χ2v) is 4.26. The van der Waals surface area contributed by atoms with Crippen LogP contribution < -0.4 is 10.1 Å². The SMILES string of the molecule is COc1ccc([C@H](CO)N2CCNCC2)cc1.Cl. The Labute approximate surface area is 114 Å². The smallest absolute Gasteiger partial charge is 0.118 e. The zero-order valence-corrected chi connectivity index (χ0v) is 11.4. The molecular weight excluding hydrogens is 252 g/mol. The van der Waals surface area contributed by atoms with Crippen molar-refractivity contribution in [2.24, 2.45) is 0 Å². The minimum absolute atomic E-state index is 0. The second kappa shape index (κ2) is 7.59. The van der Waals surface area contributed by atoms with Gasteiger partial charge in [0.1, 0.15) is 5.75 Å². The Morgan fingerprint density at radius 3 is 2.39 bits per heavy atom. The number of methoxy groups -OCH3 is 1. The van der Waals surface area contributed by atoms with Gasteiger partial charge in [0.15, 0.2) is 0 Å². The lowest BCUT2D eigenvalue weighted by Crippen LogP contribution is -2.46. The molecule has 1 fully saturated rings. The molecular formula is C13H21ClN2O2. The Kier molecular flexibility index (Phi) is 6.43. The number of ether oxygens (including phenoxy) is 1. The van der Waals surface area contributed by atoms with E-state index in [1.165, 1.54) is 0 Å². The van der Waals surface area contributed by atoms with Crippen molar-refractivity contribution in [2.75, 3.05) is 39.9 Å². The number of rotatable bonds is 4. The van der Waals surface area contributed by atoms with Gasteiger partial charge in [-0.05, 0) is 17.7 Å². The average Bonchev–Trinajstić information content (AvgIpc) is 2.42. The number of hydrogen-bond acceptors (Lipinski definition) is 4. The molecule has 0 radical (unpaired) electrons. The first-order valence-corrected chi connectivity index (χ1v) is 6.04. The van der Waals surface area contributed by atoms with Crippen LogP contribution in [0.2, 0.25) is 0 Å². The fraction of sp³-hybridized carbons (Fsp3) is 0.538. The largest absolute Gasteiger partial charge is 0.497 e. The van der Waals surface area contributed by atoms with Crippen molar-refractivity contribution in [3.8, 4) is 5.75 Å². The zero-order valence-electron chi connectivity index (χ0n) is 10.6. The standard InChI is InChI=1S/C13H20N2O2.ClH/c1-17-12-4-2-11(3-5-12)13(10-16)15-8-6-14-7-9-15;/h2-5,13-14,16H,6-10H2,1H3;1H/t13-;/m0./s1. The van der Waals surface area contributed by atoms with Gasteiger partial charge in [0.05, 0.1) is 19.8 Å². The van der Waals surface area contributed by atoms with Crippen molar-refractivity contribution in [3.05, 3.63) is 29.8 Å². The molecule has 1 saturated heterocycles. The summed E-state index contributed by atoms with van der Waals surface area (Å²) in [5.41, 5.74) is 1.15. The number of nitrogens with one attached hydrogen (secondary N) is 1. The Bertz CT molecular complexity index is 339. The van der Waals surface area contributed by atoms with Gasteiger partial charge in [0.2, 0.25) is 0 Å². The maximum atomic E-state index is 9.56. The lowest BCUT2D eigenvalue weighted by atomic mass is 10.1. The van der Waals surface area contributed by atoms with E-state index < -0.39 is 0 Å². The Morgan fingerprint density at radius 2 is 1.89 bits per heavy atom. The number of aliphatic hydroxyl groups is 1. The molecule has 0 bridgehead atoms. The van der Waals surface area contributed by atoms with Crippen LogP contribution in [0.1, 0.15) is 11.6 Å². The van der Waals surface area contributed by atoms with E-state index in [0.29, 0.717) is 0 Å². The molecule has 4 nitrogen and oxygen atoms in total. The summed E-state index contributed by atoms with van der Waals surface area (Å²) in [5.74, 6) is 0.853. The topological polar surface area (TPSA) is 44.7 Å². The maximum Gasteiger partial charge on any atom is 0.118 e. The number of piperazine rings is 1. The Balaban J connectivity index is 0.00000162. The van der Waals surface area contributed by atoms with Crippen molar-refractivity contribution in [3.63, 3.8) is 0 Å². The normalized spacial score (nSPS) is 17.9. The molecule has 1 aliphatic rings. The molecule has 5 heteroatoms. The van der Waals surface area contributed by atoms with Crippen LogP contribution in [0.15, 0.2) is 24.3 Å². The van der Waals surface area contributed by atoms with Crippen LogP contribution in [0.25, 0.3) is 0 Å². The minimum Gasteiger partial charge on any atom is -0.497 e. The van der Waals surface area contributed by atoms with Gasteiger partial charge in [0, 0.05) is 26.2 Å². The van der Waals surface area contributed by atoms with E-state index in [1.54, 1.807) is 7.11 Å². The molecule has 0 aliphatic carbocycles. The molecule has 2 N–H and O–H groups in total. The van der Waals surface area contributed by atoms with Crippen LogP contribution in [0, 0.1) is 0 Å². The van der Waals surface area contributed by atoms with Gasteiger partial charge >= 0.3 is 0 Å². The number of nitrogens with zero attached hydrogens (tertiary/aromatic N) is 1. The highest BCUT2D eigenvalue weighted by Gasteiger charge is 2.21. The Hall–Kier alpha value is -0.810. The molecule has 18 heavy (non-hydrogen) atoms. The van der Waals surface area contributed by atoms with E-state index in [4.69, 9.17) is 4.74 Å².